The van der Waals surface area contributed by atoms with Gasteiger partial charge in [0.25, 0.3) is 0 Å². The highest BCUT2D eigenvalue weighted by Gasteiger charge is 2.38. The van der Waals surface area contributed by atoms with Crippen LogP contribution in [0.4, 0.5) is 13.2 Å². The van der Waals surface area contributed by atoms with Crippen LogP contribution in [-0.2, 0) is 6.18 Å². The minimum Gasteiger partial charge on any atom is -0.476 e. The first kappa shape index (κ1) is 12.0. The number of hydrogen-bond donors (Lipinski definition) is 1. The number of carboxylic acids is 1. The van der Waals surface area contributed by atoms with Crippen molar-refractivity contribution in [3.8, 4) is 0 Å². The Labute approximate surface area is 87.6 Å². The van der Waals surface area contributed by atoms with Crippen molar-refractivity contribution in [2.24, 2.45) is 0 Å². The van der Waals surface area contributed by atoms with Crippen LogP contribution in [0, 0.1) is 0 Å². The number of nitrogens with zero attached hydrogens (tertiary/aromatic N) is 1. The predicted molar refractivity (Wildman–Crippen MR) is 48.2 cm³/mol. The molecule has 0 aromatic carbocycles. The summed E-state index contributed by atoms with van der Waals surface area (Å²) in [5.74, 6) is -1.83. The second-order valence-corrected chi connectivity index (χ2v) is 4.22. The highest BCUT2D eigenvalue weighted by atomic mass is 32.1. The van der Waals surface area contributed by atoms with Gasteiger partial charge in [0.05, 0.1) is 0 Å². The van der Waals surface area contributed by atoms with E-state index in [9.17, 15) is 18.0 Å². The van der Waals surface area contributed by atoms with Gasteiger partial charge < -0.3 is 5.11 Å². The molecule has 0 bridgehead atoms. The molecular formula is C8H8F3NO2S. The summed E-state index contributed by atoms with van der Waals surface area (Å²) < 4.78 is 37.3. The van der Waals surface area contributed by atoms with Crippen molar-refractivity contribution in [2.45, 2.75) is 25.9 Å². The van der Waals surface area contributed by atoms with Gasteiger partial charge in [-0.05, 0) is 5.92 Å². The van der Waals surface area contributed by atoms with Crippen LogP contribution in [0.2, 0.25) is 0 Å². The number of aromatic carboxylic acids is 1. The maximum Gasteiger partial charge on any atom is 0.434 e. The smallest absolute Gasteiger partial charge is 0.434 e. The van der Waals surface area contributed by atoms with Gasteiger partial charge in [-0.15, -0.1) is 11.3 Å². The fourth-order valence-corrected chi connectivity index (χ4v) is 1.94. The van der Waals surface area contributed by atoms with Gasteiger partial charge in [0.2, 0.25) is 5.01 Å². The van der Waals surface area contributed by atoms with E-state index < -0.39 is 28.8 Å². The van der Waals surface area contributed by atoms with Crippen molar-refractivity contribution in [1.29, 1.82) is 0 Å². The predicted octanol–water partition coefficient (Wildman–Crippen LogP) is 2.98. The van der Waals surface area contributed by atoms with Crippen molar-refractivity contribution >= 4 is 17.3 Å². The first-order valence-corrected chi connectivity index (χ1v) is 4.86. The number of halogens is 3. The molecular weight excluding hydrogens is 231 g/mol. The van der Waals surface area contributed by atoms with Crippen LogP contribution >= 0.6 is 11.3 Å². The molecule has 0 saturated heterocycles. The van der Waals surface area contributed by atoms with Gasteiger partial charge in [-0.3, -0.25) is 0 Å². The van der Waals surface area contributed by atoms with Crippen LogP contribution in [0.15, 0.2) is 0 Å². The number of carboxylic acid groups (broad SMARTS) is 1. The molecule has 3 nitrogen and oxygen atoms in total. The van der Waals surface area contributed by atoms with E-state index in [0.29, 0.717) is 11.3 Å². The van der Waals surface area contributed by atoms with Crippen molar-refractivity contribution in [3.05, 3.63) is 15.6 Å². The third kappa shape index (κ3) is 2.47. The van der Waals surface area contributed by atoms with Crippen molar-refractivity contribution in [1.82, 2.24) is 4.98 Å². The molecule has 0 amide bonds. The Kier molecular flexibility index (Phi) is 3.03. The number of thiazole rings is 1. The van der Waals surface area contributed by atoms with E-state index in [0.717, 1.165) is 0 Å². The lowest BCUT2D eigenvalue weighted by Gasteiger charge is -2.07. The Hall–Kier alpha value is -1.11. The maximum atomic E-state index is 12.4. The molecule has 0 fully saturated rings. The van der Waals surface area contributed by atoms with Crippen LogP contribution in [0.3, 0.4) is 0 Å². The highest BCUT2D eigenvalue weighted by Crippen LogP contribution is 2.37. The van der Waals surface area contributed by atoms with E-state index in [1.54, 1.807) is 13.8 Å². The molecule has 0 saturated carbocycles. The molecule has 15 heavy (non-hydrogen) atoms. The summed E-state index contributed by atoms with van der Waals surface area (Å²) in [5, 5.41) is 8.03. The third-order valence-electron chi connectivity index (χ3n) is 1.63. The Morgan fingerprint density at radius 2 is 2.00 bits per heavy atom. The lowest BCUT2D eigenvalue weighted by Crippen LogP contribution is -2.09. The highest BCUT2D eigenvalue weighted by molar-refractivity contribution is 7.13. The van der Waals surface area contributed by atoms with Gasteiger partial charge in [-0.1, -0.05) is 13.8 Å². The number of hydrogen-bond acceptors (Lipinski definition) is 3. The Bertz CT molecular complexity index is 384. The van der Waals surface area contributed by atoms with E-state index in [1.807, 2.05) is 0 Å². The van der Waals surface area contributed by atoms with Gasteiger partial charge in [-0.2, -0.15) is 13.2 Å². The fourth-order valence-electron chi connectivity index (χ4n) is 1.02. The molecule has 0 unspecified atom stereocenters. The molecule has 7 heteroatoms. The van der Waals surface area contributed by atoms with Crippen LogP contribution in [-0.4, -0.2) is 16.1 Å². The lowest BCUT2D eigenvalue weighted by molar-refractivity contribution is -0.141. The summed E-state index contributed by atoms with van der Waals surface area (Å²) >= 11 is 0.572. The molecule has 0 spiro atoms. The normalized spacial score (nSPS) is 12.1. The topological polar surface area (TPSA) is 50.2 Å². The molecule has 1 N–H and O–H groups in total. The molecule has 1 aromatic heterocycles. The maximum absolute atomic E-state index is 12.4. The summed E-state index contributed by atoms with van der Waals surface area (Å²) in [6.07, 6.45) is -4.59. The molecule has 0 radical (unpaired) electrons. The zero-order valence-electron chi connectivity index (χ0n) is 7.92. The fraction of sp³-hybridized carbons (Fsp3) is 0.500. The van der Waals surface area contributed by atoms with E-state index in [4.69, 9.17) is 5.11 Å². The average Bonchev–Trinajstić information content (AvgIpc) is 2.45. The van der Waals surface area contributed by atoms with Gasteiger partial charge in [0, 0.05) is 4.88 Å². The number of alkyl halides is 3. The lowest BCUT2D eigenvalue weighted by atomic mass is 10.1. The number of aromatic nitrogens is 1. The molecule has 1 heterocycles. The zero-order chi connectivity index (χ0) is 11.8. The van der Waals surface area contributed by atoms with Crippen molar-refractivity contribution < 1.29 is 23.1 Å². The van der Waals surface area contributed by atoms with Gasteiger partial charge >= 0.3 is 12.1 Å². The molecule has 0 aliphatic rings. The zero-order valence-corrected chi connectivity index (χ0v) is 8.74. The Balaban J connectivity index is 3.30. The molecule has 1 aromatic rings. The SMILES string of the molecule is CC(C)c1sc(C(=O)O)nc1C(F)(F)F. The molecule has 1 rings (SSSR count). The van der Waals surface area contributed by atoms with E-state index in [1.165, 1.54) is 0 Å². The quantitative estimate of drug-likeness (QED) is 0.863. The van der Waals surface area contributed by atoms with Gasteiger partial charge in [-0.25, -0.2) is 9.78 Å². The van der Waals surface area contributed by atoms with E-state index in [-0.39, 0.29) is 4.88 Å². The van der Waals surface area contributed by atoms with Crippen LogP contribution in [0.25, 0.3) is 0 Å². The Morgan fingerprint density at radius 1 is 1.47 bits per heavy atom. The first-order chi connectivity index (χ1) is 6.73. The summed E-state index contributed by atoms with van der Waals surface area (Å²) in [7, 11) is 0. The average molecular weight is 239 g/mol. The van der Waals surface area contributed by atoms with Gasteiger partial charge in [0.1, 0.15) is 0 Å². The monoisotopic (exact) mass is 239 g/mol. The van der Waals surface area contributed by atoms with Gasteiger partial charge in [0.15, 0.2) is 5.69 Å². The summed E-state index contributed by atoms with van der Waals surface area (Å²) in [6.45, 7) is 3.13. The molecule has 0 atom stereocenters. The number of rotatable bonds is 2. The van der Waals surface area contributed by atoms with Crippen molar-refractivity contribution in [3.63, 3.8) is 0 Å². The summed E-state index contributed by atoms with van der Waals surface area (Å²) in [4.78, 5) is 13.6. The standard InChI is InChI=1S/C8H8F3NO2S/c1-3(2)4-5(8(9,10)11)12-6(15-4)7(13)14/h3H,1-2H3,(H,13,14). The second-order valence-electron chi connectivity index (χ2n) is 3.19. The summed E-state index contributed by atoms with van der Waals surface area (Å²) in [5.41, 5.74) is -1.08. The number of carbonyl (C=O) groups is 1. The molecule has 0 aliphatic heterocycles. The first-order valence-electron chi connectivity index (χ1n) is 4.04. The van der Waals surface area contributed by atoms with Crippen LogP contribution < -0.4 is 0 Å². The molecule has 0 aliphatic carbocycles. The van der Waals surface area contributed by atoms with E-state index >= 15 is 0 Å². The van der Waals surface area contributed by atoms with Crippen LogP contribution in [0.1, 0.15) is 40.1 Å². The van der Waals surface area contributed by atoms with Crippen molar-refractivity contribution in [2.75, 3.05) is 0 Å². The largest absolute Gasteiger partial charge is 0.476 e. The molecule has 84 valence electrons. The van der Waals surface area contributed by atoms with E-state index in [2.05, 4.69) is 4.98 Å². The minimum absolute atomic E-state index is 0.0418. The second kappa shape index (κ2) is 3.80. The Morgan fingerprint density at radius 3 is 2.27 bits per heavy atom. The third-order valence-corrected chi connectivity index (χ3v) is 2.97. The minimum atomic E-state index is -4.59. The summed E-state index contributed by atoms with van der Waals surface area (Å²) in [6, 6.07) is 0. The van der Waals surface area contributed by atoms with Crippen LogP contribution in [0.5, 0.6) is 0 Å².